The van der Waals surface area contributed by atoms with Crippen LogP contribution in [0.25, 0.3) is 17.1 Å². The van der Waals surface area contributed by atoms with Gasteiger partial charge in [0, 0.05) is 12.6 Å². The number of nitrogens with one attached hydrogen (secondary N) is 1. The number of hydrogen-bond donors (Lipinski definition) is 1. The molecule has 1 fully saturated rings. The van der Waals surface area contributed by atoms with Gasteiger partial charge < -0.3 is 9.88 Å². The number of nitrogens with zero attached hydrogens (tertiary/aromatic N) is 2. The van der Waals surface area contributed by atoms with Crippen LogP contribution in [0.1, 0.15) is 17.0 Å². The molecule has 1 saturated heterocycles. The minimum absolute atomic E-state index is 0.163. The second-order valence-electron chi connectivity index (χ2n) is 5.88. The molecule has 0 unspecified atom stereocenters. The van der Waals surface area contributed by atoms with Gasteiger partial charge >= 0.3 is 0 Å². The zero-order chi connectivity index (χ0) is 17.4. The van der Waals surface area contributed by atoms with Crippen LogP contribution in [0.4, 0.5) is 0 Å². The van der Waals surface area contributed by atoms with Crippen molar-refractivity contribution in [3.8, 4) is 0 Å². The Kier molecular flexibility index (Phi) is 4.15. The Morgan fingerprint density at radius 2 is 1.96 bits per heavy atom. The first-order chi connectivity index (χ1) is 12.1. The van der Waals surface area contributed by atoms with Gasteiger partial charge in [-0.3, -0.25) is 4.79 Å². The quantitative estimate of drug-likeness (QED) is 0.565. The summed E-state index contributed by atoms with van der Waals surface area (Å²) in [5.41, 5.74) is 4.37. The van der Waals surface area contributed by atoms with Crippen molar-refractivity contribution in [2.24, 2.45) is 0 Å². The van der Waals surface area contributed by atoms with Gasteiger partial charge in [0.1, 0.15) is 10.1 Å². The maximum Gasteiger partial charge on any atom is 0.263 e. The summed E-state index contributed by atoms with van der Waals surface area (Å²) in [5.74, 6) is 0.591. The standard InChI is InChI=1S/C19H15N3OS2/c1-12-6-8-13(9-7-12)11-22-15-5-3-2-4-14(15)20-17(22)10-16-18(23)21-19(24)25-16/h2-10H,11H2,1H3,(H,21,23,24)/b16-10-. The van der Waals surface area contributed by atoms with E-state index in [0.717, 1.165) is 16.9 Å². The molecule has 0 atom stereocenters. The minimum Gasteiger partial charge on any atom is -0.320 e. The highest BCUT2D eigenvalue weighted by atomic mass is 32.2. The molecule has 2 aromatic carbocycles. The number of hydrogen-bond acceptors (Lipinski definition) is 4. The van der Waals surface area contributed by atoms with Crippen molar-refractivity contribution in [1.82, 2.24) is 14.9 Å². The molecule has 3 aromatic rings. The summed E-state index contributed by atoms with van der Waals surface area (Å²) in [5, 5.41) is 2.65. The number of aryl methyl sites for hydroxylation is 1. The molecule has 1 aromatic heterocycles. The number of carbonyl (C=O) groups excluding carboxylic acids is 1. The van der Waals surface area contributed by atoms with E-state index >= 15 is 0 Å². The monoisotopic (exact) mass is 365 g/mol. The molecule has 124 valence electrons. The number of aromatic nitrogens is 2. The van der Waals surface area contributed by atoms with Gasteiger partial charge in [0.15, 0.2) is 0 Å². The topological polar surface area (TPSA) is 46.9 Å². The first kappa shape index (κ1) is 16.1. The molecule has 25 heavy (non-hydrogen) atoms. The molecule has 4 nitrogen and oxygen atoms in total. The Bertz CT molecular complexity index is 1020. The van der Waals surface area contributed by atoms with Crippen molar-refractivity contribution < 1.29 is 4.79 Å². The lowest BCUT2D eigenvalue weighted by Gasteiger charge is -2.08. The van der Waals surface area contributed by atoms with Crippen LogP contribution in [-0.2, 0) is 11.3 Å². The van der Waals surface area contributed by atoms with Crippen molar-refractivity contribution >= 4 is 51.3 Å². The average molecular weight is 365 g/mol. The lowest BCUT2D eigenvalue weighted by Crippen LogP contribution is -2.17. The van der Waals surface area contributed by atoms with Gasteiger partial charge in [-0.15, -0.1) is 0 Å². The zero-order valence-corrected chi connectivity index (χ0v) is 15.2. The largest absolute Gasteiger partial charge is 0.320 e. The molecular formula is C19H15N3OS2. The first-order valence-electron chi connectivity index (χ1n) is 7.86. The SMILES string of the molecule is Cc1ccc(Cn2c(/C=C3\SC(=S)NC3=O)nc3ccccc32)cc1. The van der Waals surface area contributed by atoms with Gasteiger partial charge in [-0.2, -0.15) is 0 Å². The summed E-state index contributed by atoms with van der Waals surface area (Å²) in [6.45, 7) is 2.77. The Hall–Kier alpha value is -2.44. The van der Waals surface area contributed by atoms with E-state index in [9.17, 15) is 4.79 Å². The van der Waals surface area contributed by atoms with Crippen LogP contribution in [0.3, 0.4) is 0 Å². The number of benzene rings is 2. The summed E-state index contributed by atoms with van der Waals surface area (Å²) in [4.78, 5) is 17.3. The van der Waals surface area contributed by atoms with Gasteiger partial charge in [-0.1, -0.05) is 65.9 Å². The normalized spacial score (nSPS) is 16.0. The third kappa shape index (κ3) is 3.23. The highest BCUT2D eigenvalue weighted by molar-refractivity contribution is 8.26. The van der Waals surface area contributed by atoms with Crippen LogP contribution >= 0.6 is 24.0 Å². The van der Waals surface area contributed by atoms with Gasteiger partial charge in [0.05, 0.1) is 15.9 Å². The number of para-hydroxylation sites is 2. The van der Waals surface area contributed by atoms with Crippen molar-refractivity contribution in [2.75, 3.05) is 0 Å². The van der Waals surface area contributed by atoms with Crippen LogP contribution < -0.4 is 5.32 Å². The van der Waals surface area contributed by atoms with Crippen LogP contribution in [0.2, 0.25) is 0 Å². The highest BCUT2D eigenvalue weighted by Gasteiger charge is 2.23. The number of rotatable bonds is 3. The number of carbonyl (C=O) groups is 1. The fourth-order valence-corrected chi connectivity index (χ4v) is 3.80. The summed E-state index contributed by atoms with van der Waals surface area (Å²) in [7, 11) is 0. The van der Waals surface area contributed by atoms with E-state index in [1.54, 1.807) is 0 Å². The summed E-state index contributed by atoms with van der Waals surface area (Å²) < 4.78 is 2.61. The second-order valence-corrected chi connectivity index (χ2v) is 7.60. The fourth-order valence-electron chi connectivity index (χ4n) is 2.78. The number of amides is 1. The smallest absolute Gasteiger partial charge is 0.263 e. The molecule has 0 aliphatic carbocycles. The van der Waals surface area contributed by atoms with E-state index < -0.39 is 0 Å². The number of thiocarbonyl (C=S) groups is 1. The van der Waals surface area contributed by atoms with Gasteiger partial charge in [-0.25, -0.2) is 4.98 Å². The third-order valence-corrected chi connectivity index (χ3v) is 5.21. The molecule has 0 bridgehead atoms. The van der Waals surface area contributed by atoms with E-state index in [1.165, 1.54) is 22.9 Å². The van der Waals surface area contributed by atoms with E-state index in [1.807, 2.05) is 30.3 Å². The van der Waals surface area contributed by atoms with Crippen molar-refractivity contribution in [3.05, 3.63) is 70.4 Å². The molecule has 4 rings (SSSR count). The lowest BCUT2D eigenvalue weighted by atomic mass is 10.1. The molecule has 0 spiro atoms. The second kappa shape index (κ2) is 6.46. The Labute approximate surface area is 154 Å². The lowest BCUT2D eigenvalue weighted by molar-refractivity contribution is -0.115. The number of thioether (sulfide) groups is 1. The maximum absolute atomic E-state index is 12.0. The Morgan fingerprint density at radius 1 is 1.20 bits per heavy atom. The molecule has 2 heterocycles. The van der Waals surface area contributed by atoms with Crippen molar-refractivity contribution in [1.29, 1.82) is 0 Å². The van der Waals surface area contributed by atoms with E-state index in [-0.39, 0.29) is 5.91 Å². The average Bonchev–Trinajstić information content (AvgIpc) is 3.10. The molecule has 1 amide bonds. The minimum atomic E-state index is -0.163. The van der Waals surface area contributed by atoms with Gasteiger partial charge in [0.2, 0.25) is 0 Å². The summed E-state index contributed by atoms with van der Waals surface area (Å²) in [6, 6.07) is 16.4. The van der Waals surface area contributed by atoms with Crippen LogP contribution in [-0.4, -0.2) is 19.8 Å². The number of imidazole rings is 1. The zero-order valence-electron chi connectivity index (χ0n) is 13.5. The molecule has 0 saturated carbocycles. The molecular weight excluding hydrogens is 350 g/mol. The van der Waals surface area contributed by atoms with Crippen LogP contribution in [0, 0.1) is 6.92 Å². The predicted octanol–water partition coefficient (Wildman–Crippen LogP) is 3.88. The highest BCUT2D eigenvalue weighted by Crippen LogP contribution is 2.27. The van der Waals surface area contributed by atoms with Gasteiger partial charge in [-0.05, 0) is 24.6 Å². The molecule has 1 aliphatic rings. The maximum atomic E-state index is 12.0. The molecule has 1 aliphatic heterocycles. The third-order valence-electron chi connectivity index (χ3n) is 4.05. The fraction of sp³-hybridized carbons (Fsp3) is 0.105. The number of fused-ring (bicyclic) bond motifs is 1. The molecule has 0 radical (unpaired) electrons. The first-order valence-corrected chi connectivity index (χ1v) is 9.08. The Balaban J connectivity index is 1.81. The van der Waals surface area contributed by atoms with Crippen LogP contribution in [0.15, 0.2) is 53.4 Å². The van der Waals surface area contributed by atoms with Crippen molar-refractivity contribution in [2.45, 2.75) is 13.5 Å². The van der Waals surface area contributed by atoms with Crippen LogP contribution in [0.5, 0.6) is 0 Å². The Morgan fingerprint density at radius 3 is 2.68 bits per heavy atom. The van der Waals surface area contributed by atoms with E-state index in [4.69, 9.17) is 17.2 Å². The summed E-state index contributed by atoms with van der Waals surface area (Å²) in [6.07, 6.45) is 1.81. The predicted molar refractivity (Wildman–Crippen MR) is 106 cm³/mol. The summed E-state index contributed by atoms with van der Waals surface area (Å²) >= 11 is 6.34. The molecule has 6 heteroatoms. The van der Waals surface area contributed by atoms with Gasteiger partial charge in [0.25, 0.3) is 5.91 Å². The molecule has 1 N–H and O–H groups in total. The van der Waals surface area contributed by atoms with Crippen molar-refractivity contribution in [3.63, 3.8) is 0 Å². The van der Waals surface area contributed by atoms with E-state index in [0.29, 0.717) is 15.8 Å². The van der Waals surface area contributed by atoms with E-state index in [2.05, 4.69) is 41.1 Å².